The number of halogens is 1. The number of ether oxygens (including phenoxy) is 1. The van der Waals surface area contributed by atoms with E-state index in [9.17, 15) is 14.7 Å². The van der Waals surface area contributed by atoms with Gasteiger partial charge in [0.25, 0.3) is 0 Å². The maximum atomic E-state index is 12.5. The molecule has 0 bridgehead atoms. The van der Waals surface area contributed by atoms with Crippen LogP contribution < -0.4 is 5.32 Å². The van der Waals surface area contributed by atoms with Gasteiger partial charge in [-0.05, 0) is 33.9 Å². The van der Waals surface area contributed by atoms with Crippen LogP contribution in [0.1, 0.15) is 35.1 Å². The van der Waals surface area contributed by atoms with E-state index < -0.39 is 18.1 Å². The second kappa shape index (κ2) is 8.59. The number of nitrogens with one attached hydrogen (secondary N) is 1. The van der Waals surface area contributed by atoms with Crippen LogP contribution in [0.5, 0.6) is 0 Å². The number of aliphatic carboxylic acids is 1. The van der Waals surface area contributed by atoms with E-state index in [0.29, 0.717) is 10.6 Å². The molecule has 1 aliphatic carbocycles. The quantitative estimate of drug-likeness (QED) is 0.559. The summed E-state index contributed by atoms with van der Waals surface area (Å²) in [4.78, 5) is 23.8. The highest BCUT2D eigenvalue weighted by Crippen LogP contribution is 2.44. The molecule has 0 aliphatic heterocycles. The van der Waals surface area contributed by atoms with Gasteiger partial charge < -0.3 is 15.2 Å². The molecule has 0 radical (unpaired) electrons. The Kier molecular flexibility index (Phi) is 5.72. The number of carboxylic acids is 1. The molecule has 5 nitrogen and oxygen atoms in total. The van der Waals surface area contributed by atoms with Crippen molar-refractivity contribution >= 4 is 23.7 Å². The molecule has 6 heteroatoms. The standard InChI is InChI=1S/C24H20ClNO4/c25-21-12-6-5-11-19(21)22(13-23(27)28)26-24(29)30-14-20-17-9-3-1-7-15(17)16-8-2-4-10-18(16)20/h1-12,20,22H,13-14H2,(H,26,29)(H,27,28). The molecule has 1 amide bonds. The lowest BCUT2D eigenvalue weighted by Gasteiger charge is -2.20. The summed E-state index contributed by atoms with van der Waals surface area (Å²) in [6, 6.07) is 22.2. The van der Waals surface area contributed by atoms with Gasteiger partial charge in [0.15, 0.2) is 0 Å². The van der Waals surface area contributed by atoms with Crippen LogP contribution in [0.2, 0.25) is 5.02 Å². The van der Waals surface area contributed by atoms with Crippen LogP contribution in [0.3, 0.4) is 0 Å². The molecule has 0 saturated heterocycles. The van der Waals surface area contributed by atoms with Gasteiger partial charge in [-0.25, -0.2) is 4.79 Å². The van der Waals surface area contributed by atoms with E-state index >= 15 is 0 Å². The number of amides is 1. The number of fused-ring (bicyclic) bond motifs is 3. The molecule has 0 saturated carbocycles. The highest BCUT2D eigenvalue weighted by Gasteiger charge is 2.29. The number of benzene rings is 3. The zero-order chi connectivity index (χ0) is 21.1. The summed E-state index contributed by atoms with van der Waals surface area (Å²) in [5.74, 6) is -1.11. The van der Waals surface area contributed by atoms with E-state index in [1.807, 2.05) is 36.4 Å². The SMILES string of the molecule is O=C(O)CC(NC(=O)OCC1c2ccccc2-c2ccccc21)c1ccccc1Cl. The summed E-state index contributed by atoms with van der Waals surface area (Å²) in [7, 11) is 0. The van der Waals surface area contributed by atoms with Gasteiger partial charge in [0.05, 0.1) is 12.5 Å². The molecule has 2 N–H and O–H groups in total. The van der Waals surface area contributed by atoms with Crippen LogP contribution in [-0.2, 0) is 9.53 Å². The predicted octanol–water partition coefficient (Wildman–Crippen LogP) is 5.39. The smallest absolute Gasteiger partial charge is 0.407 e. The van der Waals surface area contributed by atoms with Gasteiger partial charge in [0.2, 0.25) is 0 Å². The van der Waals surface area contributed by atoms with Crippen molar-refractivity contribution in [1.29, 1.82) is 0 Å². The summed E-state index contributed by atoms with van der Waals surface area (Å²) in [5.41, 5.74) is 5.04. The third kappa shape index (κ3) is 4.02. The van der Waals surface area contributed by atoms with E-state index in [-0.39, 0.29) is 18.9 Å². The fraction of sp³-hybridized carbons (Fsp3) is 0.167. The Labute approximate surface area is 179 Å². The van der Waals surface area contributed by atoms with Crippen LogP contribution >= 0.6 is 11.6 Å². The van der Waals surface area contributed by atoms with Crippen molar-refractivity contribution in [3.8, 4) is 11.1 Å². The first-order chi connectivity index (χ1) is 14.5. The minimum Gasteiger partial charge on any atom is -0.481 e. The van der Waals surface area contributed by atoms with Crippen molar-refractivity contribution in [2.24, 2.45) is 0 Å². The van der Waals surface area contributed by atoms with Crippen molar-refractivity contribution in [2.45, 2.75) is 18.4 Å². The molecule has 1 atom stereocenters. The third-order valence-corrected chi connectivity index (χ3v) is 5.64. The summed E-state index contributed by atoms with van der Waals surface area (Å²) >= 11 is 6.19. The normalized spacial score (nSPS) is 13.2. The van der Waals surface area contributed by atoms with Gasteiger partial charge in [-0.2, -0.15) is 0 Å². The number of hydrogen-bond acceptors (Lipinski definition) is 3. The van der Waals surface area contributed by atoms with Crippen molar-refractivity contribution in [1.82, 2.24) is 5.32 Å². The monoisotopic (exact) mass is 421 g/mol. The molecule has 30 heavy (non-hydrogen) atoms. The Balaban J connectivity index is 1.49. The van der Waals surface area contributed by atoms with Crippen molar-refractivity contribution in [3.63, 3.8) is 0 Å². The van der Waals surface area contributed by atoms with Gasteiger partial charge >= 0.3 is 12.1 Å². The molecular formula is C24H20ClNO4. The topological polar surface area (TPSA) is 75.6 Å². The Morgan fingerprint density at radius 3 is 2.10 bits per heavy atom. The lowest BCUT2D eigenvalue weighted by Crippen LogP contribution is -2.31. The highest BCUT2D eigenvalue weighted by molar-refractivity contribution is 6.31. The second-order valence-electron chi connectivity index (χ2n) is 7.14. The number of carbonyl (C=O) groups excluding carboxylic acids is 1. The molecule has 152 valence electrons. The minimum atomic E-state index is -1.04. The lowest BCUT2D eigenvalue weighted by molar-refractivity contribution is -0.137. The Morgan fingerprint density at radius 2 is 1.50 bits per heavy atom. The third-order valence-electron chi connectivity index (χ3n) is 5.30. The Hall–Kier alpha value is -3.31. The van der Waals surface area contributed by atoms with E-state index in [2.05, 4.69) is 17.4 Å². The molecule has 4 rings (SSSR count). The molecular weight excluding hydrogens is 402 g/mol. The van der Waals surface area contributed by atoms with E-state index in [0.717, 1.165) is 22.3 Å². The first-order valence-electron chi connectivity index (χ1n) is 9.62. The van der Waals surface area contributed by atoms with E-state index in [1.165, 1.54) is 0 Å². The molecule has 0 fully saturated rings. The molecule has 0 spiro atoms. The van der Waals surface area contributed by atoms with Gasteiger partial charge in [0, 0.05) is 10.9 Å². The highest BCUT2D eigenvalue weighted by atomic mass is 35.5. The fourth-order valence-electron chi connectivity index (χ4n) is 3.95. The molecule has 0 heterocycles. The maximum Gasteiger partial charge on any atom is 0.407 e. The van der Waals surface area contributed by atoms with Gasteiger partial charge in [-0.1, -0.05) is 78.3 Å². The summed E-state index contributed by atoms with van der Waals surface area (Å²) in [5, 5.41) is 12.3. The first kappa shape index (κ1) is 20.0. The second-order valence-corrected chi connectivity index (χ2v) is 7.55. The van der Waals surface area contributed by atoms with Gasteiger partial charge in [-0.3, -0.25) is 4.79 Å². The number of alkyl carbamates (subject to hydrolysis) is 1. The fourth-order valence-corrected chi connectivity index (χ4v) is 4.22. The van der Waals surface area contributed by atoms with Crippen molar-refractivity contribution < 1.29 is 19.4 Å². The largest absolute Gasteiger partial charge is 0.481 e. The summed E-state index contributed by atoms with van der Waals surface area (Å²) < 4.78 is 5.53. The maximum absolute atomic E-state index is 12.5. The average Bonchev–Trinajstić information content (AvgIpc) is 3.06. The molecule has 0 aromatic heterocycles. The summed E-state index contributed by atoms with van der Waals surface area (Å²) in [6.45, 7) is 0.155. The average molecular weight is 422 g/mol. The van der Waals surface area contributed by atoms with Crippen LogP contribution in [-0.4, -0.2) is 23.8 Å². The van der Waals surface area contributed by atoms with E-state index in [1.54, 1.807) is 24.3 Å². The lowest BCUT2D eigenvalue weighted by atomic mass is 9.98. The Morgan fingerprint density at radius 1 is 0.933 bits per heavy atom. The number of rotatable bonds is 6. The van der Waals surface area contributed by atoms with Gasteiger partial charge in [0.1, 0.15) is 6.61 Å². The number of carboxylic acid groups (broad SMARTS) is 1. The first-order valence-corrected chi connectivity index (χ1v) is 10.00. The Bertz CT molecular complexity index is 1050. The summed E-state index contributed by atoms with van der Waals surface area (Å²) in [6.07, 6.45) is -0.975. The van der Waals surface area contributed by atoms with Crippen molar-refractivity contribution in [3.05, 3.63) is 94.5 Å². The van der Waals surface area contributed by atoms with E-state index in [4.69, 9.17) is 16.3 Å². The van der Waals surface area contributed by atoms with Crippen LogP contribution in [0.25, 0.3) is 11.1 Å². The molecule has 3 aromatic rings. The zero-order valence-electron chi connectivity index (χ0n) is 16.0. The van der Waals surface area contributed by atoms with Gasteiger partial charge in [-0.15, -0.1) is 0 Å². The molecule has 1 aliphatic rings. The number of carbonyl (C=O) groups is 2. The van der Waals surface area contributed by atoms with Crippen molar-refractivity contribution in [2.75, 3.05) is 6.61 Å². The minimum absolute atomic E-state index is 0.0682. The molecule has 1 unspecified atom stereocenters. The molecule has 3 aromatic carbocycles. The van der Waals surface area contributed by atoms with Crippen LogP contribution in [0, 0.1) is 0 Å². The predicted molar refractivity (Wildman–Crippen MR) is 115 cm³/mol. The van der Waals surface area contributed by atoms with Crippen LogP contribution in [0.4, 0.5) is 4.79 Å². The van der Waals surface area contributed by atoms with Crippen LogP contribution in [0.15, 0.2) is 72.8 Å². The zero-order valence-corrected chi connectivity index (χ0v) is 16.8. The number of hydrogen-bond donors (Lipinski definition) is 2.